The molecule has 2 heterocycles. The third-order valence-corrected chi connectivity index (χ3v) is 11.0. The Bertz CT molecular complexity index is 1560. The van der Waals surface area contributed by atoms with Crippen molar-refractivity contribution in [3.05, 3.63) is 58.1 Å². The van der Waals surface area contributed by atoms with Gasteiger partial charge in [0.1, 0.15) is 4.90 Å². The fourth-order valence-corrected chi connectivity index (χ4v) is 8.16. The van der Waals surface area contributed by atoms with Gasteiger partial charge in [0.25, 0.3) is 5.69 Å². The van der Waals surface area contributed by atoms with E-state index >= 15 is 0 Å². The first-order chi connectivity index (χ1) is 22.5. The van der Waals surface area contributed by atoms with Crippen LogP contribution < -0.4 is 10.3 Å². The van der Waals surface area contributed by atoms with Gasteiger partial charge in [-0.3, -0.25) is 25.1 Å². The number of non-ortho nitro benzene ring substituents is 1. The number of para-hydroxylation sites is 1. The molecule has 2 fully saturated rings. The molecule has 2 unspecified atom stereocenters. The van der Waals surface area contributed by atoms with Crippen molar-refractivity contribution in [3.63, 3.8) is 0 Å². The summed E-state index contributed by atoms with van der Waals surface area (Å²) in [6, 6.07) is 11.3. The third-order valence-electron chi connectivity index (χ3n) is 9.11. The van der Waals surface area contributed by atoms with E-state index in [0.29, 0.717) is 45.6 Å². The lowest BCUT2D eigenvalue weighted by Gasteiger charge is -2.36. The smallest absolute Gasteiger partial charge is 0.270 e. The molecule has 1 N–H and O–H groups in total. The molecule has 4 rings (SSSR count). The Balaban J connectivity index is 1.58. The molecular weight excluding hydrogens is 622 g/mol. The molecule has 0 spiro atoms. The maximum absolute atomic E-state index is 14.0. The van der Waals surface area contributed by atoms with Gasteiger partial charge in [-0.05, 0) is 65.5 Å². The van der Waals surface area contributed by atoms with Crippen LogP contribution in [0, 0.1) is 22.0 Å². The van der Waals surface area contributed by atoms with Gasteiger partial charge in [-0.1, -0.05) is 18.2 Å². The Labute approximate surface area is 277 Å². The van der Waals surface area contributed by atoms with Crippen molar-refractivity contribution in [2.75, 3.05) is 62.7 Å². The Kier molecular flexibility index (Phi) is 12.3. The average Bonchev–Trinajstić information content (AvgIpc) is 3.09. The molecule has 0 aliphatic carbocycles. The van der Waals surface area contributed by atoms with Crippen LogP contribution in [0.4, 0.5) is 17.1 Å². The predicted octanol–water partition coefficient (Wildman–Crippen LogP) is 4.39. The quantitative estimate of drug-likeness (QED) is 0.188. The lowest BCUT2D eigenvalue weighted by Crippen LogP contribution is -2.46. The molecule has 2 saturated heterocycles. The highest BCUT2D eigenvalue weighted by Gasteiger charge is 2.36. The number of carbonyl (C=O) groups excluding carboxylic acids is 2. The zero-order valence-electron chi connectivity index (χ0n) is 27.8. The summed E-state index contributed by atoms with van der Waals surface area (Å²) in [7, 11) is -4.22. The van der Waals surface area contributed by atoms with Crippen LogP contribution in [-0.4, -0.2) is 97.8 Å². The van der Waals surface area contributed by atoms with Crippen molar-refractivity contribution < 1.29 is 22.9 Å². The number of anilines is 2. The summed E-state index contributed by atoms with van der Waals surface area (Å²) in [6.45, 7) is 11.7. The summed E-state index contributed by atoms with van der Waals surface area (Å²) in [5.41, 5.74) is 4.22. The number of hydrazone groups is 1. The standard InChI is InChI=1S/C33H47N7O6S/c1-5-36(6-2)32(41)26-14-11-19-38(23-26)30-16-10-9-13-25(30)22-34-35-29-18-17-28(40(43)44)21-31(29)47(45,46)39-20-12-15-27(24-39)33(42)37(7-3)8-4/h9-10,13,16-18,21-22,26-27,35H,5-8,11-12,14-15,19-20,23-24H2,1-4H3/b34-22-. The van der Waals surface area contributed by atoms with E-state index in [1.165, 1.54) is 16.4 Å². The summed E-state index contributed by atoms with van der Waals surface area (Å²) in [6.07, 6.45) is 4.38. The predicted molar refractivity (Wildman–Crippen MR) is 183 cm³/mol. The zero-order chi connectivity index (χ0) is 34.1. The maximum Gasteiger partial charge on any atom is 0.270 e. The van der Waals surface area contributed by atoms with Gasteiger partial charge in [-0.15, -0.1) is 0 Å². The van der Waals surface area contributed by atoms with Crippen molar-refractivity contribution in [2.45, 2.75) is 58.3 Å². The summed E-state index contributed by atoms with van der Waals surface area (Å²) in [4.78, 5) is 42.6. The van der Waals surface area contributed by atoms with Crippen molar-refractivity contribution in [2.24, 2.45) is 16.9 Å². The Hall–Kier alpha value is -4.04. The molecule has 47 heavy (non-hydrogen) atoms. The molecule has 2 aromatic carbocycles. The van der Waals surface area contributed by atoms with Crippen LogP contribution in [0.2, 0.25) is 0 Å². The van der Waals surface area contributed by atoms with E-state index in [1.54, 1.807) is 11.1 Å². The van der Waals surface area contributed by atoms with E-state index in [0.717, 1.165) is 36.7 Å². The van der Waals surface area contributed by atoms with Crippen LogP contribution in [-0.2, 0) is 19.6 Å². The van der Waals surface area contributed by atoms with Crippen LogP contribution in [0.5, 0.6) is 0 Å². The van der Waals surface area contributed by atoms with Gasteiger partial charge in [0.15, 0.2) is 0 Å². The number of carbonyl (C=O) groups is 2. The van der Waals surface area contributed by atoms with E-state index < -0.39 is 20.9 Å². The number of benzene rings is 2. The van der Waals surface area contributed by atoms with Crippen LogP contribution in [0.15, 0.2) is 52.5 Å². The summed E-state index contributed by atoms with van der Waals surface area (Å²) >= 11 is 0. The van der Waals surface area contributed by atoms with Gasteiger partial charge in [0, 0.05) is 75.7 Å². The molecule has 0 radical (unpaired) electrons. The normalized spacial score (nSPS) is 19.0. The first-order valence-corrected chi connectivity index (χ1v) is 18.0. The topological polar surface area (TPSA) is 149 Å². The molecule has 256 valence electrons. The minimum Gasteiger partial charge on any atom is -0.370 e. The first kappa shape index (κ1) is 35.8. The molecule has 0 bridgehead atoms. The Morgan fingerprint density at radius 1 is 0.936 bits per heavy atom. The van der Waals surface area contributed by atoms with Gasteiger partial charge in [0.05, 0.1) is 28.7 Å². The fraction of sp³-hybridized carbons (Fsp3) is 0.545. The van der Waals surface area contributed by atoms with Crippen LogP contribution in [0.1, 0.15) is 58.9 Å². The van der Waals surface area contributed by atoms with Crippen LogP contribution in [0.3, 0.4) is 0 Å². The molecule has 0 aromatic heterocycles. The third kappa shape index (κ3) is 8.28. The number of hydrogen-bond acceptors (Lipinski definition) is 9. The van der Waals surface area contributed by atoms with Gasteiger partial charge in [-0.2, -0.15) is 9.41 Å². The minimum atomic E-state index is -4.22. The van der Waals surface area contributed by atoms with E-state index in [2.05, 4.69) is 15.4 Å². The van der Waals surface area contributed by atoms with Gasteiger partial charge in [0.2, 0.25) is 21.8 Å². The largest absolute Gasteiger partial charge is 0.370 e. The van der Waals surface area contributed by atoms with E-state index in [9.17, 15) is 28.1 Å². The second-order valence-electron chi connectivity index (χ2n) is 11.9. The fourth-order valence-electron chi connectivity index (χ4n) is 6.47. The van der Waals surface area contributed by atoms with Gasteiger partial charge >= 0.3 is 0 Å². The SMILES string of the molecule is CCN(CC)C(=O)C1CCCN(c2ccccc2/C=N\Nc2ccc([N+](=O)[O-])cc2S(=O)(=O)N2CCCC(C(=O)N(CC)CC)C2)C1. The average molecular weight is 670 g/mol. The highest BCUT2D eigenvalue weighted by atomic mass is 32.2. The summed E-state index contributed by atoms with van der Waals surface area (Å²) in [5, 5.41) is 16.0. The number of nitrogens with zero attached hydrogens (tertiary/aromatic N) is 6. The molecule has 13 nitrogen and oxygen atoms in total. The number of nitro groups is 1. The van der Waals surface area contributed by atoms with Crippen LogP contribution >= 0.6 is 0 Å². The number of amides is 2. The Morgan fingerprint density at radius 3 is 2.15 bits per heavy atom. The number of hydrogen-bond donors (Lipinski definition) is 1. The van der Waals surface area contributed by atoms with Crippen molar-refractivity contribution in [3.8, 4) is 0 Å². The second-order valence-corrected chi connectivity index (χ2v) is 13.8. The monoisotopic (exact) mass is 669 g/mol. The number of sulfonamides is 1. The molecule has 2 atom stereocenters. The Morgan fingerprint density at radius 2 is 1.53 bits per heavy atom. The van der Waals surface area contributed by atoms with Gasteiger partial charge in [-0.25, -0.2) is 8.42 Å². The van der Waals surface area contributed by atoms with E-state index in [4.69, 9.17) is 0 Å². The van der Waals surface area contributed by atoms with Gasteiger partial charge < -0.3 is 14.7 Å². The maximum atomic E-state index is 14.0. The molecule has 2 aliphatic rings. The van der Waals surface area contributed by atoms with E-state index in [-0.39, 0.29) is 47.1 Å². The molecule has 2 aliphatic heterocycles. The number of nitro benzene ring substituents is 1. The molecule has 14 heteroatoms. The highest BCUT2D eigenvalue weighted by molar-refractivity contribution is 7.89. The molecule has 2 amide bonds. The zero-order valence-corrected chi connectivity index (χ0v) is 28.6. The number of rotatable bonds is 13. The lowest BCUT2D eigenvalue weighted by molar-refractivity contribution is -0.385. The number of piperidine rings is 2. The minimum absolute atomic E-state index is 0.00401. The van der Waals surface area contributed by atoms with Crippen molar-refractivity contribution in [1.82, 2.24) is 14.1 Å². The van der Waals surface area contributed by atoms with E-state index in [1.807, 2.05) is 56.9 Å². The second kappa shape index (κ2) is 16.2. The summed E-state index contributed by atoms with van der Waals surface area (Å²) < 4.78 is 29.2. The highest BCUT2D eigenvalue weighted by Crippen LogP contribution is 2.32. The summed E-state index contributed by atoms with van der Waals surface area (Å²) in [5.74, 6) is -0.513. The lowest BCUT2D eigenvalue weighted by atomic mass is 9.95. The van der Waals surface area contributed by atoms with Crippen molar-refractivity contribution >= 4 is 45.1 Å². The van der Waals surface area contributed by atoms with Crippen molar-refractivity contribution in [1.29, 1.82) is 0 Å². The number of nitrogens with one attached hydrogen (secondary N) is 1. The van der Waals surface area contributed by atoms with Crippen LogP contribution in [0.25, 0.3) is 0 Å². The molecule has 2 aromatic rings. The first-order valence-electron chi connectivity index (χ1n) is 16.5. The molecule has 0 saturated carbocycles. The molecular formula is C33H47N7O6S.